The van der Waals surface area contributed by atoms with Crippen molar-refractivity contribution in [2.45, 2.75) is 32.3 Å². The number of esters is 1. The summed E-state index contributed by atoms with van der Waals surface area (Å²) in [7, 11) is 1.33. The van der Waals surface area contributed by atoms with Crippen molar-refractivity contribution in [3.63, 3.8) is 0 Å². The number of aliphatic hydroxyl groups excluding tert-OH is 1. The molecule has 0 aliphatic heterocycles. The lowest BCUT2D eigenvalue weighted by Crippen LogP contribution is -2.41. The Morgan fingerprint density at radius 3 is 1.86 bits per heavy atom. The second kappa shape index (κ2) is 10.6. The molecule has 0 spiro atoms. The van der Waals surface area contributed by atoms with E-state index in [1.54, 1.807) is 18.7 Å². The zero-order chi connectivity index (χ0) is 20.5. The minimum atomic E-state index is -0.680. The van der Waals surface area contributed by atoms with E-state index in [0.717, 1.165) is 11.1 Å². The highest BCUT2D eigenvalue weighted by Crippen LogP contribution is 2.28. The normalized spacial score (nSPS) is 13.0. The van der Waals surface area contributed by atoms with Crippen molar-refractivity contribution in [3.8, 4) is 0 Å². The standard InChI is InChI=1S/C23H29NO4/c1-17(23(27)28-3)15-24(16-18(2)25)22(26)14-21(19-10-6-4-7-11-19)20-12-8-5-9-13-20/h4-13,17-18,21,25H,14-16H2,1-3H3. The lowest BCUT2D eigenvalue weighted by atomic mass is 9.88. The van der Waals surface area contributed by atoms with Gasteiger partial charge < -0.3 is 14.7 Å². The molecule has 5 heteroatoms. The molecule has 2 rings (SSSR count). The molecule has 0 heterocycles. The summed E-state index contributed by atoms with van der Waals surface area (Å²) in [5, 5.41) is 9.84. The number of aliphatic hydroxyl groups is 1. The molecule has 0 aromatic heterocycles. The highest BCUT2D eigenvalue weighted by Gasteiger charge is 2.26. The topological polar surface area (TPSA) is 66.8 Å². The second-order valence-corrected chi connectivity index (χ2v) is 7.15. The van der Waals surface area contributed by atoms with E-state index in [2.05, 4.69) is 0 Å². The summed E-state index contributed by atoms with van der Waals surface area (Å²) in [5.41, 5.74) is 2.11. The first-order valence-corrected chi connectivity index (χ1v) is 9.56. The number of carbonyl (C=O) groups excluding carboxylic acids is 2. The van der Waals surface area contributed by atoms with E-state index in [1.807, 2.05) is 60.7 Å². The molecule has 0 bridgehead atoms. The summed E-state index contributed by atoms with van der Waals surface area (Å²) >= 11 is 0. The number of nitrogens with zero attached hydrogens (tertiary/aromatic N) is 1. The zero-order valence-corrected chi connectivity index (χ0v) is 16.7. The predicted octanol–water partition coefficient (Wildman–Crippen LogP) is 3.23. The molecule has 150 valence electrons. The molecule has 2 unspecified atom stereocenters. The van der Waals surface area contributed by atoms with Crippen LogP contribution in [0.15, 0.2) is 60.7 Å². The van der Waals surface area contributed by atoms with Gasteiger partial charge in [0.15, 0.2) is 0 Å². The van der Waals surface area contributed by atoms with Gasteiger partial charge in [-0.15, -0.1) is 0 Å². The number of amides is 1. The van der Waals surface area contributed by atoms with E-state index >= 15 is 0 Å². The molecule has 0 radical (unpaired) electrons. The van der Waals surface area contributed by atoms with Crippen LogP contribution in [0.5, 0.6) is 0 Å². The molecule has 2 aromatic carbocycles. The van der Waals surface area contributed by atoms with Crippen molar-refractivity contribution in [1.29, 1.82) is 0 Å². The third kappa shape index (κ3) is 6.20. The predicted molar refractivity (Wildman–Crippen MR) is 109 cm³/mol. The summed E-state index contributed by atoms with van der Waals surface area (Å²) in [6.07, 6.45) is -0.421. The molecule has 1 N–H and O–H groups in total. The average Bonchev–Trinajstić information content (AvgIpc) is 2.71. The van der Waals surface area contributed by atoms with Gasteiger partial charge in [0.05, 0.1) is 19.1 Å². The monoisotopic (exact) mass is 383 g/mol. The van der Waals surface area contributed by atoms with Gasteiger partial charge in [-0.25, -0.2) is 0 Å². The number of methoxy groups -OCH3 is 1. The maximum Gasteiger partial charge on any atom is 0.310 e. The summed E-state index contributed by atoms with van der Waals surface area (Å²) in [5.74, 6) is -1.03. The van der Waals surface area contributed by atoms with E-state index < -0.39 is 12.0 Å². The molecule has 5 nitrogen and oxygen atoms in total. The first-order valence-electron chi connectivity index (χ1n) is 9.56. The first-order chi connectivity index (χ1) is 13.4. The number of rotatable bonds is 9. The van der Waals surface area contributed by atoms with Crippen molar-refractivity contribution in [1.82, 2.24) is 4.90 Å². The SMILES string of the molecule is COC(=O)C(C)CN(CC(C)O)C(=O)CC(c1ccccc1)c1ccccc1. The summed E-state index contributed by atoms with van der Waals surface area (Å²) < 4.78 is 4.78. The summed E-state index contributed by atoms with van der Waals surface area (Å²) in [6.45, 7) is 3.75. The van der Waals surface area contributed by atoms with Gasteiger partial charge in [0.25, 0.3) is 0 Å². The van der Waals surface area contributed by atoms with Gasteiger partial charge in [0.1, 0.15) is 0 Å². The first kappa shape index (κ1) is 21.6. The Balaban J connectivity index is 2.24. The Morgan fingerprint density at radius 1 is 0.929 bits per heavy atom. The van der Waals surface area contributed by atoms with Crippen LogP contribution >= 0.6 is 0 Å². The fourth-order valence-corrected chi connectivity index (χ4v) is 3.31. The van der Waals surface area contributed by atoms with Crippen LogP contribution in [0.25, 0.3) is 0 Å². The van der Waals surface area contributed by atoms with E-state index in [-0.39, 0.29) is 37.3 Å². The number of ether oxygens (including phenoxy) is 1. The highest BCUT2D eigenvalue weighted by atomic mass is 16.5. The Bertz CT molecular complexity index is 706. The molecule has 28 heavy (non-hydrogen) atoms. The molecule has 0 saturated heterocycles. The van der Waals surface area contributed by atoms with E-state index in [0.29, 0.717) is 0 Å². The van der Waals surface area contributed by atoms with Crippen LogP contribution in [0.3, 0.4) is 0 Å². The van der Waals surface area contributed by atoms with E-state index in [1.165, 1.54) is 7.11 Å². The quantitative estimate of drug-likeness (QED) is 0.675. The number of carbonyl (C=O) groups is 2. The van der Waals surface area contributed by atoms with Gasteiger partial charge in [-0.05, 0) is 18.1 Å². The third-order valence-electron chi connectivity index (χ3n) is 4.72. The van der Waals surface area contributed by atoms with E-state index in [9.17, 15) is 14.7 Å². The Labute approximate surface area is 166 Å². The maximum atomic E-state index is 13.1. The molecule has 2 aromatic rings. The van der Waals surface area contributed by atoms with Crippen LogP contribution in [-0.2, 0) is 14.3 Å². The van der Waals surface area contributed by atoms with Gasteiger partial charge in [0, 0.05) is 25.4 Å². The molecule has 0 saturated carbocycles. The lowest BCUT2D eigenvalue weighted by molar-refractivity contribution is -0.146. The number of hydrogen-bond acceptors (Lipinski definition) is 4. The smallest absolute Gasteiger partial charge is 0.310 e. The van der Waals surface area contributed by atoms with E-state index in [4.69, 9.17) is 4.74 Å². The summed E-state index contributed by atoms with van der Waals surface area (Å²) in [6, 6.07) is 19.8. The van der Waals surface area contributed by atoms with Crippen LogP contribution in [-0.4, -0.2) is 48.2 Å². The maximum absolute atomic E-state index is 13.1. The Hall–Kier alpha value is -2.66. The fraction of sp³-hybridized carbons (Fsp3) is 0.391. The summed E-state index contributed by atoms with van der Waals surface area (Å²) in [4.78, 5) is 26.5. The Morgan fingerprint density at radius 2 is 1.43 bits per heavy atom. The van der Waals surface area contributed by atoms with Gasteiger partial charge in [-0.1, -0.05) is 67.6 Å². The van der Waals surface area contributed by atoms with Gasteiger partial charge >= 0.3 is 5.97 Å². The van der Waals surface area contributed by atoms with Gasteiger partial charge in [-0.2, -0.15) is 0 Å². The minimum Gasteiger partial charge on any atom is -0.469 e. The lowest BCUT2D eigenvalue weighted by Gasteiger charge is -2.28. The van der Waals surface area contributed by atoms with Crippen LogP contribution in [0.2, 0.25) is 0 Å². The minimum absolute atomic E-state index is 0.0974. The molecule has 0 aliphatic rings. The number of hydrogen-bond donors (Lipinski definition) is 1. The van der Waals surface area contributed by atoms with Crippen LogP contribution in [0, 0.1) is 5.92 Å². The third-order valence-corrected chi connectivity index (χ3v) is 4.72. The van der Waals surface area contributed by atoms with Gasteiger partial charge in [-0.3, -0.25) is 9.59 Å². The largest absolute Gasteiger partial charge is 0.469 e. The molecule has 0 aliphatic carbocycles. The zero-order valence-electron chi connectivity index (χ0n) is 16.7. The highest BCUT2D eigenvalue weighted by molar-refractivity contribution is 5.79. The van der Waals surface area contributed by atoms with Crippen LogP contribution in [0.4, 0.5) is 0 Å². The van der Waals surface area contributed by atoms with Crippen molar-refractivity contribution in [2.24, 2.45) is 5.92 Å². The Kier molecular flexibility index (Phi) is 8.20. The molecule has 2 atom stereocenters. The number of benzene rings is 2. The molecular formula is C23H29NO4. The van der Waals surface area contributed by atoms with Gasteiger partial charge in [0.2, 0.25) is 5.91 Å². The molecular weight excluding hydrogens is 354 g/mol. The second-order valence-electron chi connectivity index (χ2n) is 7.15. The van der Waals surface area contributed by atoms with Crippen molar-refractivity contribution in [2.75, 3.05) is 20.2 Å². The van der Waals surface area contributed by atoms with Crippen LogP contribution in [0.1, 0.15) is 37.3 Å². The van der Waals surface area contributed by atoms with Crippen molar-refractivity contribution < 1.29 is 19.4 Å². The van der Waals surface area contributed by atoms with Crippen LogP contribution < -0.4 is 0 Å². The molecule has 1 amide bonds. The molecule has 0 fully saturated rings. The fourth-order valence-electron chi connectivity index (χ4n) is 3.31. The van der Waals surface area contributed by atoms with Crippen molar-refractivity contribution >= 4 is 11.9 Å². The van der Waals surface area contributed by atoms with Crippen molar-refractivity contribution in [3.05, 3.63) is 71.8 Å². The average molecular weight is 383 g/mol.